The summed E-state index contributed by atoms with van der Waals surface area (Å²) in [5, 5.41) is 3.62. The van der Waals surface area contributed by atoms with Crippen molar-refractivity contribution in [1.29, 1.82) is 0 Å². The van der Waals surface area contributed by atoms with Crippen LogP contribution in [0.2, 0.25) is 0 Å². The molecule has 1 aliphatic heterocycles. The summed E-state index contributed by atoms with van der Waals surface area (Å²) in [5.41, 5.74) is 2.78. The maximum atomic E-state index is 5.39. The van der Waals surface area contributed by atoms with Crippen LogP contribution in [0.3, 0.4) is 0 Å². The Morgan fingerprint density at radius 2 is 2.12 bits per heavy atom. The zero-order chi connectivity index (χ0) is 18.0. The van der Waals surface area contributed by atoms with E-state index in [4.69, 9.17) is 14.7 Å². The van der Waals surface area contributed by atoms with Gasteiger partial charge in [0.25, 0.3) is 0 Å². The van der Waals surface area contributed by atoms with Crippen molar-refractivity contribution in [2.24, 2.45) is 5.41 Å². The quantitative estimate of drug-likeness (QED) is 0.789. The molecule has 0 aromatic carbocycles. The van der Waals surface area contributed by atoms with E-state index in [1.807, 2.05) is 19.3 Å². The van der Waals surface area contributed by atoms with Crippen LogP contribution in [-0.2, 0) is 24.1 Å². The number of hydrogen-bond acceptors (Lipinski definition) is 6. The fourth-order valence-corrected chi connectivity index (χ4v) is 3.80. The van der Waals surface area contributed by atoms with Crippen molar-refractivity contribution < 1.29 is 4.74 Å². The van der Waals surface area contributed by atoms with Crippen LogP contribution in [0, 0.1) is 12.3 Å². The zero-order valence-electron chi connectivity index (χ0n) is 15.7. The van der Waals surface area contributed by atoms with Crippen molar-refractivity contribution in [3.63, 3.8) is 0 Å². The molecule has 1 aliphatic carbocycles. The van der Waals surface area contributed by atoms with Gasteiger partial charge in [-0.2, -0.15) is 0 Å². The first-order valence-electron chi connectivity index (χ1n) is 9.47. The highest BCUT2D eigenvalue weighted by Gasteiger charge is 2.42. The van der Waals surface area contributed by atoms with Gasteiger partial charge >= 0.3 is 0 Å². The maximum absolute atomic E-state index is 5.39. The zero-order valence-corrected chi connectivity index (χ0v) is 15.7. The number of ether oxygens (including phenoxy) is 1. The number of anilines is 1. The molecule has 0 saturated heterocycles. The smallest absolute Gasteiger partial charge is 0.133 e. The molecule has 1 fully saturated rings. The molecule has 2 N–H and O–H groups in total. The lowest BCUT2D eigenvalue weighted by Gasteiger charge is -2.19. The summed E-state index contributed by atoms with van der Waals surface area (Å²) >= 11 is 0. The number of aromatic nitrogens is 4. The maximum Gasteiger partial charge on any atom is 0.133 e. The van der Waals surface area contributed by atoms with E-state index in [0.717, 1.165) is 63.1 Å². The van der Waals surface area contributed by atoms with Gasteiger partial charge < -0.3 is 15.0 Å². The average molecular weight is 356 g/mol. The van der Waals surface area contributed by atoms with Crippen molar-refractivity contribution in [2.75, 3.05) is 38.7 Å². The molecule has 7 nitrogen and oxygen atoms in total. The van der Waals surface area contributed by atoms with Gasteiger partial charge in [-0.3, -0.25) is 4.90 Å². The molecule has 26 heavy (non-hydrogen) atoms. The van der Waals surface area contributed by atoms with Crippen molar-refractivity contribution in [3.8, 4) is 0 Å². The van der Waals surface area contributed by atoms with Gasteiger partial charge in [-0.25, -0.2) is 15.0 Å². The molecule has 0 amide bonds. The van der Waals surface area contributed by atoms with Gasteiger partial charge in [-0.05, 0) is 26.2 Å². The summed E-state index contributed by atoms with van der Waals surface area (Å²) in [4.78, 5) is 19.4. The molecule has 0 radical (unpaired) electrons. The number of nitrogens with one attached hydrogen (secondary N) is 2. The van der Waals surface area contributed by atoms with Crippen LogP contribution in [0.5, 0.6) is 0 Å². The fourth-order valence-electron chi connectivity index (χ4n) is 3.80. The van der Waals surface area contributed by atoms with Gasteiger partial charge in [-0.15, -0.1) is 0 Å². The standard InChI is InChI=1S/C19H28N6O/c1-14-23-16-4-10-25(11-17-20-7-8-21-17)9-3-15(16)18(24-14)22-12-19(5-6-19)13-26-2/h7-8H,3-6,9-13H2,1-2H3,(H,20,21)(H,22,23,24). The predicted octanol–water partition coefficient (Wildman–Crippen LogP) is 1.95. The van der Waals surface area contributed by atoms with E-state index in [-0.39, 0.29) is 0 Å². The number of aryl methyl sites for hydroxylation is 1. The Hall–Kier alpha value is -1.99. The van der Waals surface area contributed by atoms with Crippen LogP contribution < -0.4 is 5.32 Å². The van der Waals surface area contributed by atoms with E-state index >= 15 is 0 Å². The van der Waals surface area contributed by atoms with Crippen LogP contribution in [0.1, 0.15) is 35.7 Å². The van der Waals surface area contributed by atoms with Crippen LogP contribution in [0.15, 0.2) is 12.4 Å². The molecule has 0 spiro atoms. The summed E-state index contributed by atoms with van der Waals surface area (Å²) in [7, 11) is 1.79. The Morgan fingerprint density at radius 3 is 2.85 bits per heavy atom. The van der Waals surface area contributed by atoms with Crippen molar-refractivity contribution in [3.05, 3.63) is 35.3 Å². The second-order valence-electron chi connectivity index (χ2n) is 7.64. The first kappa shape index (κ1) is 17.4. The highest BCUT2D eigenvalue weighted by molar-refractivity contribution is 5.48. The number of H-pyrrole nitrogens is 1. The second-order valence-corrected chi connectivity index (χ2v) is 7.64. The molecule has 7 heteroatoms. The predicted molar refractivity (Wildman–Crippen MR) is 100 cm³/mol. The molecule has 3 heterocycles. The Morgan fingerprint density at radius 1 is 1.27 bits per heavy atom. The molecule has 1 saturated carbocycles. The van der Waals surface area contributed by atoms with E-state index in [0.29, 0.717) is 5.41 Å². The van der Waals surface area contributed by atoms with Crippen molar-refractivity contribution >= 4 is 5.82 Å². The number of aromatic amines is 1. The third-order valence-corrected chi connectivity index (χ3v) is 5.51. The summed E-state index contributed by atoms with van der Waals surface area (Å²) in [6.45, 7) is 6.59. The van der Waals surface area contributed by atoms with Gasteiger partial charge in [0.05, 0.1) is 18.8 Å². The van der Waals surface area contributed by atoms with Crippen molar-refractivity contribution in [2.45, 2.75) is 39.2 Å². The highest BCUT2D eigenvalue weighted by atomic mass is 16.5. The Kier molecular flexibility index (Phi) is 4.91. The van der Waals surface area contributed by atoms with Crippen molar-refractivity contribution in [1.82, 2.24) is 24.8 Å². The summed E-state index contributed by atoms with van der Waals surface area (Å²) in [6.07, 6.45) is 8.08. The number of imidazole rings is 1. The molecule has 0 unspecified atom stereocenters. The highest BCUT2D eigenvalue weighted by Crippen LogP contribution is 2.45. The lowest BCUT2D eigenvalue weighted by Crippen LogP contribution is -2.26. The Balaban J connectivity index is 1.46. The Bertz CT molecular complexity index is 741. The molecule has 0 bridgehead atoms. The third-order valence-electron chi connectivity index (χ3n) is 5.51. The molecule has 2 aromatic heterocycles. The third kappa shape index (κ3) is 3.88. The molecule has 0 atom stereocenters. The number of methoxy groups -OCH3 is 1. The van der Waals surface area contributed by atoms with E-state index in [9.17, 15) is 0 Å². The fraction of sp³-hybridized carbons (Fsp3) is 0.632. The van der Waals surface area contributed by atoms with E-state index in [1.54, 1.807) is 7.11 Å². The number of nitrogens with zero attached hydrogens (tertiary/aromatic N) is 4. The molecular weight excluding hydrogens is 328 g/mol. The van der Waals surface area contributed by atoms with Gasteiger partial charge in [0, 0.05) is 56.5 Å². The number of fused-ring (bicyclic) bond motifs is 1. The first-order chi connectivity index (χ1) is 12.7. The molecule has 2 aliphatic rings. The summed E-state index contributed by atoms with van der Waals surface area (Å²) in [6, 6.07) is 0. The lowest BCUT2D eigenvalue weighted by molar-refractivity contribution is 0.147. The second kappa shape index (κ2) is 7.32. The molecule has 140 valence electrons. The summed E-state index contributed by atoms with van der Waals surface area (Å²) in [5.74, 6) is 2.89. The van der Waals surface area contributed by atoms with Gasteiger partial charge in [0.2, 0.25) is 0 Å². The van der Waals surface area contributed by atoms with Crippen LogP contribution in [0.25, 0.3) is 0 Å². The largest absolute Gasteiger partial charge is 0.384 e. The summed E-state index contributed by atoms with van der Waals surface area (Å²) < 4.78 is 5.39. The first-order valence-corrected chi connectivity index (χ1v) is 9.47. The SMILES string of the molecule is COCC1(CNc2nc(C)nc3c2CCN(Cc2ncc[nH]2)CC3)CC1. The minimum absolute atomic E-state index is 0.302. The minimum atomic E-state index is 0.302. The number of hydrogen-bond donors (Lipinski definition) is 2. The number of rotatable bonds is 7. The Labute approximate surface area is 154 Å². The normalized spacial score (nSPS) is 19.0. The van der Waals surface area contributed by atoms with Crippen LogP contribution in [0.4, 0.5) is 5.82 Å². The van der Waals surface area contributed by atoms with E-state index in [1.165, 1.54) is 24.1 Å². The molecular formula is C19H28N6O. The molecule has 4 rings (SSSR count). The van der Waals surface area contributed by atoms with Crippen LogP contribution in [-0.4, -0.2) is 58.2 Å². The lowest BCUT2D eigenvalue weighted by atomic mass is 10.1. The average Bonchev–Trinajstić information content (AvgIpc) is 3.25. The minimum Gasteiger partial charge on any atom is -0.384 e. The van der Waals surface area contributed by atoms with Crippen LogP contribution >= 0.6 is 0 Å². The van der Waals surface area contributed by atoms with E-state index < -0.39 is 0 Å². The van der Waals surface area contributed by atoms with E-state index in [2.05, 4.69) is 20.2 Å². The van der Waals surface area contributed by atoms with Gasteiger partial charge in [0.1, 0.15) is 17.5 Å². The monoisotopic (exact) mass is 356 g/mol. The van der Waals surface area contributed by atoms with Gasteiger partial charge in [-0.1, -0.05) is 0 Å². The molecule has 2 aromatic rings. The van der Waals surface area contributed by atoms with Gasteiger partial charge in [0.15, 0.2) is 0 Å². The topological polar surface area (TPSA) is 79.0 Å².